The fraction of sp³-hybridized carbons (Fsp3) is 1.00. The molecule has 80 valence electrons. The molecule has 4 nitrogen and oxygen atoms in total. The van der Waals surface area contributed by atoms with Gasteiger partial charge in [0.15, 0.2) is 0 Å². The number of hydrogen-bond donors (Lipinski definition) is 1. The van der Waals surface area contributed by atoms with Gasteiger partial charge in [-0.2, -0.15) is 13.6 Å². The Morgan fingerprint density at radius 1 is 1.25 bits per heavy atom. The first-order valence-electron chi connectivity index (χ1n) is 2.75. The van der Waals surface area contributed by atoms with E-state index in [1.807, 2.05) is 13.8 Å². The normalized spacial score (nSPS) is 10.7. The zero-order chi connectivity index (χ0) is 7.28. The smallest absolute Gasteiger partial charge is 0.283 e. The van der Waals surface area contributed by atoms with Crippen molar-refractivity contribution in [2.45, 2.75) is 13.8 Å². The van der Waals surface area contributed by atoms with Crippen molar-refractivity contribution in [3.05, 3.63) is 0 Å². The largest absolute Gasteiger partial charge is 0.319 e. The van der Waals surface area contributed by atoms with Crippen molar-refractivity contribution in [1.29, 1.82) is 0 Å². The van der Waals surface area contributed by atoms with Gasteiger partial charge in [-0.15, -0.1) is 0 Å². The quantitative estimate of drug-likeness (QED) is 0.555. The van der Waals surface area contributed by atoms with Crippen LogP contribution in [0.4, 0.5) is 14.1 Å². The molecule has 0 saturated heterocycles. The van der Waals surface area contributed by atoms with Gasteiger partial charge in [-0.3, -0.25) is 18.7 Å². The summed E-state index contributed by atoms with van der Waals surface area (Å²) < 4.78 is 22.6. The van der Waals surface area contributed by atoms with Crippen LogP contribution in [0.5, 0.6) is 0 Å². The van der Waals surface area contributed by atoms with Crippen LogP contribution < -0.4 is 0 Å². The maximum absolute atomic E-state index is 9.97. The Kier molecular flexibility index (Phi) is 25.3. The van der Waals surface area contributed by atoms with Crippen LogP contribution in [0, 0.1) is 0 Å². The average Bonchev–Trinajstić information content (AvgIpc) is 1.82. The van der Waals surface area contributed by atoms with Gasteiger partial charge in [0.05, 0.1) is 0 Å². The van der Waals surface area contributed by atoms with Crippen molar-refractivity contribution in [2.24, 2.45) is 0 Å². The van der Waals surface area contributed by atoms with Crippen LogP contribution in [0.2, 0.25) is 0 Å². The third kappa shape index (κ3) is 12.5. The molecule has 0 rings (SSSR count). The number of hydroxylamine groups is 2. The van der Waals surface area contributed by atoms with Crippen molar-refractivity contribution in [1.82, 2.24) is 5.06 Å². The molecule has 0 aromatic heterocycles. The highest BCUT2D eigenvalue weighted by Crippen LogP contribution is 1.89. The Labute approximate surface area is 71.4 Å². The molecule has 0 fully saturated rings. The van der Waals surface area contributed by atoms with Gasteiger partial charge in [0, 0.05) is 13.1 Å². The van der Waals surface area contributed by atoms with E-state index in [0.29, 0.717) is 13.1 Å². The molecule has 0 saturated carbocycles. The van der Waals surface area contributed by atoms with E-state index in [2.05, 4.69) is 4.28 Å². The van der Waals surface area contributed by atoms with E-state index in [1.165, 1.54) is 5.06 Å². The predicted octanol–water partition coefficient (Wildman–Crippen LogP) is 0.854. The molecule has 0 bridgehead atoms. The minimum absolute atomic E-state index is 0. The van der Waals surface area contributed by atoms with Gasteiger partial charge in [-0.25, -0.2) is 0 Å². The second-order valence-corrected chi connectivity index (χ2v) is 1.99. The lowest BCUT2D eigenvalue weighted by molar-refractivity contribution is -0.0428. The number of rotatable bonds is 4. The molecule has 1 atom stereocenters. The van der Waals surface area contributed by atoms with E-state index in [0.717, 1.165) is 0 Å². The second kappa shape index (κ2) is 13.4. The van der Waals surface area contributed by atoms with Crippen LogP contribution in [0.3, 0.4) is 0 Å². The molecule has 12 heavy (non-hydrogen) atoms. The Bertz CT molecular complexity index is 104. The zero-order valence-electron chi connectivity index (χ0n) is 6.76. The molecule has 0 amide bonds. The lowest BCUT2D eigenvalue weighted by atomic mass is 10.6. The van der Waals surface area contributed by atoms with Crippen LogP contribution in [-0.2, 0) is 15.6 Å². The zero-order valence-corrected chi connectivity index (χ0v) is 7.57. The monoisotopic (exact) mass is 213 g/mol. The Hall–Kier alpha value is -0.180. The van der Waals surface area contributed by atoms with Crippen LogP contribution in [0.1, 0.15) is 13.8 Å². The van der Waals surface area contributed by atoms with E-state index >= 15 is 0 Å². The van der Waals surface area contributed by atoms with Gasteiger partial charge in [0.1, 0.15) is 0 Å². The third-order valence-electron chi connectivity index (χ3n) is 0.875. The maximum Gasteiger partial charge on any atom is 0.319 e. The average molecular weight is 213 g/mol. The highest BCUT2D eigenvalue weighted by Gasteiger charge is 2.01. The first-order chi connectivity index (χ1) is 4.20. The van der Waals surface area contributed by atoms with Gasteiger partial charge in [0.25, 0.3) is 0 Å². The summed E-state index contributed by atoms with van der Waals surface area (Å²) in [7, 11) is 0. The molecule has 0 heterocycles. The number of halogens is 3. The van der Waals surface area contributed by atoms with E-state index in [1.54, 1.807) is 0 Å². The van der Waals surface area contributed by atoms with Crippen LogP contribution in [0.25, 0.3) is 0 Å². The van der Waals surface area contributed by atoms with Gasteiger partial charge < -0.3 is 0 Å². The topological polar surface area (TPSA) is 49.8 Å². The van der Waals surface area contributed by atoms with E-state index in [-0.39, 0.29) is 14.1 Å². The van der Waals surface area contributed by atoms with Gasteiger partial charge in [0.2, 0.25) is 0 Å². The Morgan fingerprint density at radius 2 is 1.58 bits per heavy atom. The summed E-state index contributed by atoms with van der Waals surface area (Å²) in [5, 5.41) is 1.40. The molecule has 1 N–H and O–H groups in total. The summed E-state index contributed by atoms with van der Waals surface area (Å²) in [4.78, 5) is 0. The molecule has 0 aliphatic carbocycles. The third-order valence-corrected chi connectivity index (χ3v) is 1.21. The molecule has 0 aliphatic rings. The van der Waals surface area contributed by atoms with Crippen molar-refractivity contribution in [3.8, 4) is 0 Å². The SMILES string of the molecule is CCN(CC)OS(=O)O.F.F.F. The fourth-order valence-corrected chi connectivity index (χ4v) is 0.810. The fourth-order valence-electron chi connectivity index (χ4n) is 0.419. The van der Waals surface area contributed by atoms with Crippen LogP contribution in [0.15, 0.2) is 0 Å². The Balaban J connectivity index is -0.000000107. The summed E-state index contributed by atoms with van der Waals surface area (Å²) >= 11 is -2.17. The highest BCUT2D eigenvalue weighted by atomic mass is 32.2. The molecule has 0 spiro atoms. The van der Waals surface area contributed by atoms with E-state index < -0.39 is 11.4 Å². The lowest BCUT2D eigenvalue weighted by Crippen LogP contribution is -2.23. The number of hydrogen-bond acceptors (Lipinski definition) is 3. The maximum atomic E-state index is 9.97. The molecule has 8 heteroatoms. The van der Waals surface area contributed by atoms with Crippen LogP contribution >= 0.6 is 0 Å². The summed E-state index contributed by atoms with van der Waals surface area (Å²) in [5.74, 6) is 0. The minimum Gasteiger partial charge on any atom is -0.283 e. The lowest BCUT2D eigenvalue weighted by Gasteiger charge is -2.12. The molecule has 0 aromatic rings. The Morgan fingerprint density at radius 3 is 1.67 bits per heavy atom. The predicted molar refractivity (Wildman–Crippen MR) is 42.3 cm³/mol. The van der Waals surface area contributed by atoms with E-state index in [4.69, 9.17) is 4.55 Å². The molecule has 1 unspecified atom stereocenters. The minimum atomic E-state index is -2.17. The van der Waals surface area contributed by atoms with Crippen molar-refractivity contribution >= 4 is 11.4 Å². The summed E-state index contributed by atoms with van der Waals surface area (Å²) in [6, 6.07) is 0. The number of nitrogens with zero attached hydrogens (tertiary/aromatic N) is 1. The summed E-state index contributed by atoms with van der Waals surface area (Å²) in [6.07, 6.45) is 0. The molecule has 0 radical (unpaired) electrons. The highest BCUT2D eigenvalue weighted by molar-refractivity contribution is 7.74. The van der Waals surface area contributed by atoms with Gasteiger partial charge in [-0.05, 0) is 0 Å². The molecular formula is C4H14F3NO3S. The first kappa shape index (κ1) is 22.6. The standard InChI is InChI=1S/C4H11NO3S.3FH/c1-3-5(4-2)8-9(6)7;;;/h3-4H2,1-2H3,(H,6,7);3*1H. The van der Waals surface area contributed by atoms with Gasteiger partial charge in [-0.1, -0.05) is 13.8 Å². The van der Waals surface area contributed by atoms with Crippen molar-refractivity contribution in [2.75, 3.05) is 13.1 Å². The van der Waals surface area contributed by atoms with Crippen LogP contribution in [-0.4, -0.2) is 26.9 Å². The van der Waals surface area contributed by atoms with Crippen molar-refractivity contribution in [3.63, 3.8) is 0 Å². The van der Waals surface area contributed by atoms with Crippen molar-refractivity contribution < 1.29 is 27.2 Å². The summed E-state index contributed by atoms with van der Waals surface area (Å²) in [6.45, 7) is 4.92. The van der Waals surface area contributed by atoms with Gasteiger partial charge >= 0.3 is 11.4 Å². The summed E-state index contributed by atoms with van der Waals surface area (Å²) in [5.41, 5.74) is 0. The van der Waals surface area contributed by atoms with E-state index in [9.17, 15) is 4.21 Å². The molecule has 0 aromatic carbocycles. The molecule has 0 aliphatic heterocycles. The first-order valence-corrected chi connectivity index (χ1v) is 3.78. The molecular weight excluding hydrogens is 199 g/mol. The second-order valence-electron chi connectivity index (χ2n) is 1.41.